The summed E-state index contributed by atoms with van der Waals surface area (Å²) in [6.07, 6.45) is 1.81. The zero-order chi connectivity index (χ0) is 29.9. The number of hydrogen-bond acceptors (Lipinski definition) is 4. The summed E-state index contributed by atoms with van der Waals surface area (Å²) in [4.78, 5) is 30.3. The molecule has 4 rings (SSSR count). The summed E-state index contributed by atoms with van der Waals surface area (Å²) in [7, 11) is 0. The molecule has 0 aromatic heterocycles. The van der Waals surface area contributed by atoms with Gasteiger partial charge in [0.2, 0.25) is 0 Å². The SMILES string of the molecule is CCc1ccc(OCC(=O)N(CCN(C(=O)COc2ccc(CC)cc2Br)c2ccccc2)c2ccccc2)c(Br)c1. The highest BCUT2D eigenvalue weighted by Crippen LogP contribution is 2.28. The average molecular weight is 694 g/mol. The van der Waals surface area contributed by atoms with Gasteiger partial charge >= 0.3 is 0 Å². The first-order valence-corrected chi connectivity index (χ1v) is 15.5. The van der Waals surface area contributed by atoms with Gasteiger partial charge in [0.15, 0.2) is 13.2 Å². The average Bonchev–Trinajstić information content (AvgIpc) is 3.02. The number of halogens is 2. The maximum absolute atomic E-state index is 13.5. The zero-order valence-corrected chi connectivity index (χ0v) is 26.9. The first-order chi connectivity index (χ1) is 20.4. The fraction of sp³-hybridized carbons (Fsp3) is 0.235. The van der Waals surface area contributed by atoms with E-state index in [4.69, 9.17) is 9.47 Å². The van der Waals surface area contributed by atoms with E-state index >= 15 is 0 Å². The number of para-hydroxylation sites is 2. The molecule has 0 unspecified atom stereocenters. The molecule has 0 aliphatic rings. The van der Waals surface area contributed by atoms with Crippen LogP contribution in [0.3, 0.4) is 0 Å². The molecule has 0 saturated carbocycles. The number of amides is 2. The third kappa shape index (κ3) is 8.46. The number of carbonyl (C=O) groups excluding carboxylic acids is 2. The number of nitrogens with zero attached hydrogens (tertiary/aromatic N) is 2. The van der Waals surface area contributed by atoms with Gasteiger partial charge < -0.3 is 19.3 Å². The second-order valence-electron chi connectivity index (χ2n) is 9.58. The van der Waals surface area contributed by atoms with Gasteiger partial charge in [0.1, 0.15) is 11.5 Å². The minimum atomic E-state index is -0.218. The summed E-state index contributed by atoms with van der Waals surface area (Å²) in [6.45, 7) is 4.39. The Balaban J connectivity index is 1.49. The van der Waals surface area contributed by atoms with E-state index in [-0.39, 0.29) is 38.1 Å². The summed E-state index contributed by atoms with van der Waals surface area (Å²) >= 11 is 7.09. The van der Waals surface area contributed by atoms with Crippen molar-refractivity contribution < 1.29 is 19.1 Å². The summed E-state index contributed by atoms with van der Waals surface area (Å²) in [6, 6.07) is 30.5. The third-order valence-corrected chi connectivity index (χ3v) is 8.04. The van der Waals surface area contributed by atoms with Gasteiger partial charge in [-0.15, -0.1) is 0 Å². The number of anilines is 2. The summed E-state index contributed by atoms with van der Waals surface area (Å²) in [5, 5.41) is 0. The van der Waals surface area contributed by atoms with Crippen molar-refractivity contribution in [1.29, 1.82) is 0 Å². The van der Waals surface area contributed by atoms with Crippen LogP contribution in [0.15, 0.2) is 106 Å². The molecule has 0 aliphatic heterocycles. The number of carbonyl (C=O) groups is 2. The van der Waals surface area contributed by atoms with Gasteiger partial charge in [0, 0.05) is 24.5 Å². The van der Waals surface area contributed by atoms with E-state index in [0.29, 0.717) is 11.5 Å². The number of hydrogen-bond donors (Lipinski definition) is 0. The Morgan fingerprint density at radius 2 is 0.976 bits per heavy atom. The lowest BCUT2D eigenvalue weighted by atomic mass is 10.2. The zero-order valence-electron chi connectivity index (χ0n) is 23.8. The highest BCUT2D eigenvalue weighted by atomic mass is 79.9. The van der Waals surface area contributed by atoms with Crippen molar-refractivity contribution in [3.05, 3.63) is 117 Å². The molecule has 218 valence electrons. The van der Waals surface area contributed by atoms with Crippen LogP contribution in [-0.2, 0) is 22.4 Å². The molecule has 4 aromatic rings. The molecule has 0 radical (unpaired) electrons. The van der Waals surface area contributed by atoms with Crippen LogP contribution in [0.25, 0.3) is 0 Å². The summed E-state index contributed by atoms with van der Waals surface area (Å²) < 4.78 is 13.4. The number of ether oxygens (including phenoxy) is 2. The predicted octanol–water partition coefficient (Wildman–Crippen LogP) is 7.86. The molecule has 0 saturated heterocycles. The van der Waals surface area contributed by atoms with Crippen LogP contribution in [0.1, 0.15) is 25.0 Å². The van der Waals surface area contributed by atoms with Crippen LogP contribution in [0.4, 0.5) is 11.4 Å². The Labute approximate surface area is 264 Å². The highest BCUT2D eigenvalue weighted by Gasteiger charge is 2.22. The smallest absolute Gasteiger partial charge is 0.264 e. The maximum Gasteiger partial charge on any atom is 0.264 e. The van der Waals surface area contributed by atoms with Crippen molar-refractivity contribution in [2.24, 2.45) is 0 Å². The molecule has 0 atom stereocenters. The van der Waals surface area contributed by atoms with Crippen molar-refractivity contribution in [2.45, 2.75) is 26.7 Å². The second-order valence-corrected chi connectivity index (χ2v) is 11.3. The van der Waals surface area contributed by atoms with E-state index in [1.807, 2.05) is 97.1 Å². The predicted molar refractivity (Wildman–Crippen MR) is 176 cm³/mol. The molecular formula is C34H34Br2N2O4. The van der Waals surface area contributed by atoms with E-state index in [1.165, 1.54) is 11.1 Å². The van der Waals surface area contributed by atoms with Crippen molar-refractivity contribution in [2.75, 3.05) is 36.1 Å². The summed E-state index contributed by atoms with van der Waals surface area (Å²) in [5.74, 6) is 0.767. The molecule has 0 N–H and O–H groups in total. The van der Waals surface area contributed by atoms with Crippen molar-refractivity contribution in [1.82, 2.24) is 0 Å². The Hall–Kier alpha value is -3.62. The molecule has 8 heteroatoms. The van der Waals surface area contributed by atoms with Gasteiger partial charge in [0.05, 0.1) is 8.95 Å². The Bertz CT molecular complexity index is 1370. The van der Waals surface area contributed by atoms with E-state index < -0.39 is 0 Å². The molecular weight excluding hydrogens is 660 g/mol. The monoisotopic (exact) mass is 692 g/mol. The van der Waals surface area contributed by atoms with Crippen LogP contribution in [-0.4, -0.2) is 38.1 Å². The number of aryl methyl sites for hydroxylation is 2. The topological polar surface area (TPSA) is 59.1 Å². The van der Waals surface area contributed by atoms with E-state index in [9.17, 15) is 9.59 Å². The van der Waals surface area contributed by atoms with Gasteiger partial charge in [-0.2, -0.15) is 0 Å². The lowest BCUT2D eigenvalue weighted by Gasteiger charge is -2.28. The highest BCUT2D eigenvalue weighted by molar-refractivity contribution is 9.10. The Morgan fingerprint density at radius 3 is 1.31 bits per heavy atom. The van der Waals surface area contributed by atoms with E-state index in [0.717, 1.165) is 33.2 Å². The van der Waals surface area contributed by atoms with Crippen LogP contribution >= 0.6 is 31.9 Å². The minimum Gasteiger partial charge on any atom is -0.483 e. The maximum atomic E-state index is 13.5. The van der Waals surface area contributed by atoms with Crippen molar-refractivity contribution in [3.63, 3.8) is 0 Å². The van der Waals surface area contributed by atoms with E-state index in [2.05, 4.69) is 45.7 Å². The van der Waals surface area contributed by atoms with Crippen LogP contribution in [0.2, 0.25) is 0 Å². The van der Waals surface area contributed by atoms with Gasteiger partial charge in [-0.3, -0.25) is 9.59 Å². The molecule has 2 amide bonds. The van der Waals surface area contributed by atoms with Crippen LogP contribution < -0.4 is 19.3 Å². The standard InChI is InChI=1S/C34H34Br2N2O4/c1-3-25-15-17-31(29(35)21-25)41-23-33(39)37(27-11-7-5-8-12-27)19-20-38(28-13-9-6-10-14-28)34(40)24-42-32-18-16-26(4-2)22-30(32)36/h5-18,21-22H,3-4,19-20,23-24H2,1-2H3. The second kappa shape index (κ2) is 15.6. The Kier molecular flexibility index (Phi) is 11.6. The van der Waals surface area contributed by atoms with Gasteiger partial charge in [-0.05, 0) is 104 Å². The lowest BCUT2D eigenvalue weighted by Crippen LogP contribution is -2.44. The molecule has 4 aromatic carbocycles. The fourth-order valence-corrected chi connectivity index (χ4v) is 5.49. The largest absolute Gasteiger partial charge is 0.483 e. The molecule has 6 nitrogen and oxygen atoms in total. The number of benzene rings is 4. The minimum absolute atomic E-state index is 0.150. The fourth-order valence-electron chi connectivity index (χ4n) is 4.41. The van der Waals surface area contributed by atoms with Gasteiger partial charge in [-0.1, -0.05) is 62.4 Å². The molecule has 42 heavy (non-hydrogen) atoms. The van der Waals surface area contributed by atoms with E-state index in [1.54, 1.807) is 9.80 Å². The Morgan fingerprint density at radius 1 is 0.595 bits per heavy atom. The molecule has 0 fully saturated rings. The van der Waals surface area contributed by atoms with Crippen LogP contribution in [0.5, 0.6) is 11.5 Å². The molecule has 0 aliphatic carbocycles. The lowest BCUT2D eigenvalue weighted by molar-refractivity contribution is -0.122. The van der Waals surface area contributed by atoms with Crippen LogP contribution in [0, 0.1) is 0 Å². The van der Waals surface area contributed by atoms with Crippen molar-refractivity contribution in [3.8, 4) is 11.5 Å². The quantitative estimate of drug-likeness (QED) is 0.143. The molecule has 0 heterocycles. The number of rotatable bonds is 13. The first-order valence-electron chi connectivity index (χ1n) is 13.9. The van der Waals surface area contributed by atoms with Gasteiger partial charge in [-0.25, -0.2) is 0 Å². The molecule has 0 bridgehead atoms. The molecule has 0 spiro atoms. The first kappa shape index (κ1) is 31.3. The third-order valence-electron chi connectivity index (χ3n) is 6.80. The normalized spacial score (nSPS) is 10.7. The summed E-state index contributed by atoms with van der Waals surface area (Å²) in [5.41, 5.74) is 3.80. The van der Waals surface area contributed by atoms with Crippen molar-refractivity contribution >= 4 is 55.0 Å². The van der Waals surface area contributed by atoms with Gasteiger partial charge in [0.25, 0.3) is 11.8 Å².